The van der Waals surface area contributed by atoms with E-state index < -0.39 is 0 Å². The van der Waals surface area contributed by atoms with Crippen LogP contribution in [0.5, 0.6) is 0 Å². The van der Waals surface area contributed by atoms with Crippen LogP contribution in [-0.4, -0.2) is 19.5 Å². The second-order valence-electron chi connectivity index (χ2n) is 12.9. The fourth-order valence-corrected chi connectivity index (χ4v) is 7.73. The Morgan fingerprint density at radius 2 is 1.27 bits per heavy atom. The standard InChI is InChI=1S/C45H29BrN4O/c46-32-21-23-39-36(27-32)35-25-30(19-22-38(35)50(39)33-15-8-3-9-16-33)31-20-24-40-37(26-31)42-34(17-10-18-41(42)51-40)45-48-43(28-11-4-1-5-12-28)47-44(49-45)29-13-6-2-7-14-29/h1-6,8-13,15-27H,7,14H2. The van der Waals surface area contributed by atoms with Crippen molar-refractivity contribution in [2.75, 3.05) is 0 Å². The van der Waals surface area contributed by atoms with Crippen LogP contribution in [0.15, 0.2) is 161 Å². The van der Waals surface area contributed by atoms with Gasteiger partial charge in [0, 0.05) is 42.8 Å². The van der Waals surface area contributed by atoms with E-state index in [0.717, 1.165) is 72.8 Å². The van der Waals surface area contributed by atoms with Crippen molar-refractivity contribution in [1.29, 1.82) is 0 Å². The van der Waals surface area contributed by atoms with Gasteiger partial charge in [0.1, 0.15) is 11.2 Å². The van der Waals surface area contributed by atoms with Crippen LogP contribution in [0.4, 0.5) is 0 Å². The minimum Gasteiger partial charge on any atom is -0.456 e. The minimum atomic E-state index is 0.633. The Labute approximate surface area is 302 Å². The first kappa shape index (κ1) is 29.8. The Bertz CT molecular complexity index is 2870. The molecule has 9 aromatic rings. The Balaban J connectivity index is 1.16. The van der Waals surface area contributed by atoms with Crippen LogP contribution in [-0.2, 0) is 0 Å². The summed E-state index contributed by atoms with van der Waals surface area (Å²) >= 11 is 3.72. The summed E-state index contributed by atoms with van der Waals surface area (Å²) in [6.45, 7) is 0. The fourth-order valence-electron chi connectivity index (χ4n) is 7.37. The number of para-hydroxylation sites is 1. The molecule has 0 N–H and O–H groups in total. The van der Waals surface area contributed by atoms with Gasteiger partial charge in [0.25, 0.3) is 0 Å². The predicted octanol–water partition coefficient (Wildman–Crippen LogP) is 12.4. The van der Waals surface area contributed by atoms with E-state index in [2.05, 4.69) is 130 Å². The Morgan fingerprint density at radius 1 is 0.569 bits per heavy atom. The van der Waals surface area contributed by atoms with Crippen LogP contribution in [0.1, 0.15) is 18.7 Å². The summed E-state index contributed by atoms with van der Waals surface area (Å²) in [5, 5.41) is 4.42. The van der Waals surface area contributed by atoms with E-state index in [1.807, 2.05) is 42.5 Å². The van der Waals surface area contributed by atoms with Crippen LogP contribution in [0.2, 0.25) is 0 Å². The van der Waals surface area contributed by atoms with E-state index in [9.17, 15) is 0 Å². The summed E-state index contributed by atoms with van der Waals surface area (Å²) in [7, 11) is 0. The second-order valence-corrected chi connectivity index (χ2v) is 13.8. The predicted molar refractivity (Wildman–Crippen MR) is 212 cm³/mol. The summed E-state index contributed by atoms with van der Waals surface area (Å²) in [5.74, 6) is 2.00. The molecular formula is C45H29BrN4O. The number of hydrogen-bond donors (Lipinski definition) is 0. The lowest BCUT2D eigenvalue weighted by Crippen LogP contribution is -2.03. The molecule has 0 saturated heterocycles. The molecule has 0 radical (unpaired) electrons. The first-order chi connectivity index (χ1) is 25.2. The maximum absolute atomic E-state index is 6.46. The van der Waals surface area contributed by atoms with Gasteiger partial charge in [-0.05, 0) is 90.2 Å². The van der Waals surface area contributed by atoms with Crippen LogP contribution in [0.25, 0.3) is 88.9 Å². The van der Waals surface area contributed by atoms with Crippen LogP contribution in [0, 0.1) is 0 Å². The normalized spacial score (nSPS) is 13.1. The average molecular weight is 722 g/mol. The van der Waals surface area contributed by atoms with Crippen molar-refractivity contribution < 1.29 is 4.42 Å². The summed E-state index contributed by atoms with van der Waals surface area (Å²) in [5.41, 5.74) is 10.3. The lowest BCUT2D eigenvalue weighted by molar-refractivity contribution is 0.669. The Hall–Kier alpha value is -6.11. The monoisotopic (exact) mass is 720 g/mol. The van der Waals surface area contributed by atoms with Crippen LogP contribution in [0.3, 0.4) is 0 Å². The van der Waals surface area contributed by atoms with E-state index >= 15 is 0 Å². The molecule has 1 aliphatic rings. The highest BCUT2D eigenvalue weighted by atomic mass is 79.9. The zero-order chi connectivity index (χ0) is 33.9. The minimum absolute atomic E-state index is 0.633. The third-order valence-electron chi connectivity index (χ3n) is 9.78. The topological polar surface area (TPSA) is 56.7 Å². The molecule has 3 aromatic heterocycles. The van der Waals surface area contributed by atoms with Crippen molar-refractivity contribution in [3.8, 4) is 39.6 Å². The molecule has 0 aliphatic heterocycles. The molecule has 0 spiro atoms. The second kappa shape index (κ2) is 12.0. The maximum atomic E-state index is 6.46. The number of nitrogens with zero attached hydrogens (tertiary/aromatic N) is 4. The van der Waals surface area contributed by atoms with Gasteiger partial charge in [-0.15, -0.1) is 0 Å². The molecule has 0 saturated carbocycles. The molecule has 0 amide bonds. The van der Waals surface area contributed by atoms with Crippen molar-refractivity contribution in [2.45, 2.75) is 12.8 Å². The third-order valence-corrected chi connectivity index (χ3v) is 10.3. The van der Waals surface area contributed by atoms with E-state index in [-0.39, 0.29) is 0 Å². The van der Waals surface area contributed by atoms with Crippen molar-refractivity contribution >= 4 is 65.2 Å². The van der Waals surface area contributed by atoms with E-state index in [1.54, 1.807) is 0 Å². The van der Waals surface area contributed by atoms with Crippen molar-refractivity contribution in [3.63, 3.8) is 0 Å². The number of furan rings is 1. The van der Waals surface area contributed by atoms with Crippen molar-refractivity contribution in [3.05, 3.63) is 162 Å². The van der Waals surface area contributed by atoms with Gasteiger partial charge in [-0.1, -0.05) is 107 Å². The van der Waals surface area contributed by atoms with Crippen molar-refractivity contribution in [2.24, 2.45) is 0 Å². The van der Waals surface area contributed by atoms with Crippen LogP contribution < -0.4 is 0 Å². The van der Waals surface area contributed by atoms with E-state index in [1.165, 1.54) is 21.8 Å². The van der Waals surface area contributed by atoms with Gasteiger partial charge in [0.15, 0.2) is 17.5 Å². The third kappa shape index (κ3) is 5.10. The molecule has 0 atom stereocenters. The average Bonchev–Trinajstić information content (AvgIpc) is 3.73. The summed E-state index contributed by atoms with van der Waals surface area (Å²) in [4.78, 5) is 15.1. The largest absolute Gasteiger partial charge is 0.456 e. The fraction of sp³-hybridized carbons (Fsp3) is 0.0444. The molecular weight excluding hydrogens is 692 g/mol. The molecule has 0 unspecified atom stereocenters. The van der Waals surface area contributed by atoms with Crippen LogP contribution >= 0.6 is 15.9 Å². The molecule has 0 fully saturated rings. The van der Waals surface area contributed by atoms with Crippen molar-refractivity contribution in [1.82, 2.24) is 19.5 Å². The highest BCUT2D eigenvalue weighted by Crippen LogP contribution is 2.40. The van der Waals surface area contributed by atoms with Gasteiger partial charge in [0.2, 0.25) is 0 Å². The number of halogens is 1. The van der Waals surface area contributed by atoms with Gasteiger partial charge in [-0.3, -0.25) is 0 Å². The maximum Gasteiger partial charge on any atom is 0.164 e. The van der Waals surface area contributed by atoms with Gasteiger partial charge >= 0.3 is 0 Å². The summed E-state index contributed by atoms with van der Waals surface area (Å²) < 4.78 is 9.85. The lowest BCUT2D eigenvalue weighted by atomic mass is 9.99. The SMILES string of the molecule is Brc1ccc2c(c1)c1cc(-c3ccc4oc5cccc(-c6nc(C7=CC=CCC7)nc(-c7ccccc7)n6)c5c4c3)ccc1n2-c1ccccc1. The smallest absolute Gasteiger partial charge is 0.164 e. The molecule has 242 valence electrons. The molecule has 10 rings (SSSR count). The quantitative estimate of drug-likeness (QED) is 0.178. The van der Waals surface area contributed by atoms with E-state index in [4.69, 9.17) is 19.4 Å². The molecule has 51 heavy (non-hydrogen) atoms. The zero-order valence-electron chi connectivity index (χ0n) is 27.4. The summed E-state index contributed by atoms with van der Waals surface area (Å²) in [6.07, 6.45) is 8.24. The van der Waals surface area contributed by atoms with Gasteiger partial charge in [-0.2, -0.15) is 0 Å². The number of fused-ring (bicyclic) bond motifs is 6. The van der Waals surface area contributed by atoms with Gasteiger partial charge < -0.3 is 8.98 Å². The number of rotatable bonds is 5. The molecule has 6 aromatic carbocycles. The van der Waals surface area contributed by atoms with Gasteiger partial charge in [0.05, 0.1) is 11.0 Å². The highest BCUT2D eigenvalue weighted by molar-refractivity contribution is 9.10. The molecule has 6 heteroatoms. The van der Waals surface area contributed by atoms with E-state index in [0.29, 0.717) is 17.5 Å². The number of benzene rings is 6. The molecule has 1 aliphatic carbocycles. The first-order valence-electron chi connectivity index (χ1n) is 17.1. The highest BCUT2D eigenvalue weighted by Gasteiger charge is 2.20. The van der Waals surface area contributed by atoms with Gasteiger partial charge in [-0.25, -0.2) is 15.0 Å². The number of hydrogen-bond acceptors (Lipinski definition) is 4. The first-order valence-corrected chi connectivity index (χ1v) is 17.9. The summed E-state index contributed by atoms with van der Waals surface area (Å²) in [6, 6.07) is 46.6. The Morgan fingerprint density at radius 3 is 2.08 bits per heavy atom. The number of aromatic nitrogens is 4. The zero-order valence-corrected chi connectivity index (χ0v) is 29.0. The Kier molecular flexibility index (Phi) is 7.03. The lowest BCUT2D eigenvalue weighted by Gasteiger charge is -2.12. The molecule has 3 heterocycles. The molecule has 5 nitrogen and oxygen atoms in total. The molecule has 0 bridgehead atoms. The number of allylic oxidation sites excluding steroid dienone is 4.